The number of hydrogen-bond acceptors (Lipinski definition) is 5. The Morgan fingerprint density at radius 2 is 1.78 bits per heavy atom. The molecule has 6 nitrogen and oxygen atoms in total. The van der Waals surface area contributed by atoms with Gasteiger partial charge in [0.2, 0.25) is 10.0 Å². The van der Waals surface area contributed by atoms with Crippen LogP contribution in [0.25, 0.3) is 0 Å². The highest BCUT2D eigenvalue weighted by atomic mass is 32.2. The molecule has 0 aliphatic rings. The fraction of sp³-hybridized carbons (Fsp3) is 0.333. The maximum absolute atomic E-state index is 13.0. The van der Waals surface area contributed by atoms with Crippen LogP contribution >= 0.6 is 0 Å². The van der Waals surface area contributed by atoms with Crippen LogP contribution in [0, 0.1) is 5.82 Å². The van der Waals surface area contributed by atoms with E-state index in [9.17, 15) is 21.2 Å². The molecule has 0 spiro atoms. The highest BCUT2D eigenvalue weighted by Crippen LogP contribution is 2.16. The number of benzene rings is 1. The summed E-state index contributed by atoms with van der Waals surface area (Å²) in [6.45, 7) is 0. The van der Waals surface area contributed by atoms with Crippen molar-refractivity contribution in [3.05, 3.63) is 24.0 Å². The number of hydrogen-bond donors (Lipinski definition) is 2. The van der Waals surface area contributed by atoms with Crippen molar-refractivity contribution < 1.29 is 21.2 Å². The maximum atomic E-state index is 13.0. The van der Waals surface area contributed by atoms with Crippen LogP contribution in [0.15, 0.2) is 18.2 Å². The summed E-state index contributed by atoms with van der Waals surface area (Å²) in [4.78, 5) is 0. The first-order valence-electron chi connectivity index (χ1n) is 4.82. The summed E-state index contributed by atoms with van der Waals surface area (Å²) in [5.41, 5.74) is 5.38. The summed E-state index contributed by atoms with van der Waals surface area (Å²) in [6.07, 6.45) is 0.933. The molecular weight excluding hydrogens is 283 g/mol. The van der Waals surface area contributed by atoms with E-state index in [1.807, 2.05) is 0 Å². The van der Waals surface area contributed by atoms with Gasteiger partial charge in [0.05, 0.1) is 17.2 Å². The van der Waals surface area contributed by atoms with Gasteiger partial charge in [0, 0.05) is 11.9 Å². The zero-order valence-corrected chi connectivity index (χ0v) is 11.2. The smallest absolute Gasteiger partial charge is 0.233 e. The van der Waals surface area contributed by atoms with Crippen molar-refractivity contribution in [1.82, 2.24) is 0 Å². The molecule has 0 saturated heterocycles. The maximum Gasteiger partial charge on any atom is 0.233 e. The molecule has 0 aliphatic heterocycles. The highest BCUT2D eigenvalue weighted by Gasteiger charge is 2.15. The van der Waals surface area contributed by atoms with E-state index in [2.05, 4.69) is 4.72 Å². The number of nitrogen functional groups attached to an aromatic ring is 1. The lowest BCUT2D eigenvalue weighted by molar-refractivity contribution is 0.593. The Bertz CT molecular complexity index is 620. The second-order valence-corrected chi connectivity index (χ2v) is 7.93. The number of nitrogens with one attached hydrogen (secondary N) is 1. The molecule has 0 fully saturated rings. The topological polar surface area (TPSA) is 106 Å². The van der Waals surface area contributed by atoms with Gasteiger partial charge in [-0.25, -0.2) is 21.2 Å². The van der Waals surface area contributed by atoms with Crippen molar-refractivity contribution in [1.29, 1.82) is 0 Å². The molecule has 0 heterocycles. The van der Waals surface area contributed by atoms with Crippen LogP contribution in [0.2, 0.25) is 0 Å². The summed E-state index contributed by atoms with van der Waals surface area (Å²) in [6, 6.07) is 3.23. The van der Waals surface area contributed by atoms with Gasteiger partial charge in [-0.15, -0.1) is 0 Å². The van der Waals surface area contributed by atoms with Crippen LogP contribution in [0.1, 0.15) is 0 Å². The Hall–Kier alpha value is -1.35. The Morgan fingerprint density at radius 3 is 2.28 bits per heavy atom. The molecule has 102 valence electrons. The van der Waals surface area contributed by atoms with E-state index in [4.69, 9.17) is 5.73 Å². The first kappa shape index (κ1) is 14.7. The van der Waals surface area contributed by atoms with E-state index in [0.29, 0.717) is 0 Å². The molecule has 0 saturated carbocycles. The number of sulfone groups is 1. The van der Waals surface area contributed by atoms with Gasteiger partial charge in [-0.3, -0.25) is 4.72 Å². The molecule has 0 atom stereocenters. The first-order valence-corrected chi connectivity index (χ1v) is 8.53. The van der Waals surface area contributed by atoms with E-state index in [1.54, 1.807) is 0 Å². The van der Waals surface area contributed by atoms with E-state index in [1.165, 1.54) is 6.07 Å². The summed E-state index contributed by atoms with van der Waals surface area (Å²) in [5.74, 6) is -1.79. The van der Waals surface area contributed by atoms with Gasteiger partial charge in [-0.1, -0.05) is 0 Å². The summed E-state index contributed by atoms with van der Waals surface area (Å²) in [7, 11) is -7.24. The molecule has 18 heavy (non-hydrogen) atoms. The van der Waals surface area contributed by atoms with Crippen molar-refractivity contribution in [3.8, 4) is 0 Å². The molecule has 0 bridgehead atoms. The van der Waals surface area contributed by atoms with Crippen molar-refractivity contribution in [2.45, 2.75) is 0 Å². The number of sulfonamides is 1. The van der Waals surface area contributed by atoms with Crippen molar-refractivity contribution >= 4 is 31.2 Å². The van der Waals surface area contributed by atoms with Gasteiger partial charge in [0.1, 0.15) is 15.7 Å². The van der Waals surface area contributed by atoms with Gasteiger partial charge in [0.25, 0.3) is 0 Å². The number of nitrogens with two attached hydrogens (primary N) is 1. The minimum absolute atomic E-state index is 0.0407. The highest BCUT2D eigenvalue weighted by molar-refractivity contribution is 7.95. The Kier molecular flexibility index (Phi) is 4.17. The molecule has 3 N–H and O–H groups in total. The molecule has 0 aliphatic carbocycles. The van der Waals surface area contributed by atoms with Crippen LogP contribution in [-0.2, 0) is 19.9 Å². The van der Waals surface area contributed by atoms with Gasteiger partial charge in [-0.2, -0.15) is 0 Å². The fourth-order valence-corrected chi connectivity index (χ4v) is 3.83. The summed E-state index contributed by atoms with van der Waals surface area (Å²) < 4.78 is 59.8. The molecule has 1 rings (SSSR count). The SMILES string of the molecule is CS(=O)(=O)CCS(=O)(=O)Nc1cc(N)cc(F)c1. The number of halogens is 1. The molecular formula is C9H13FN2O4S2. The van der Waals surface area contributed by atoms with Gasteiger partial charge >= 0.3 is 0 Å². The van der Waals surface area contributed by atoms with Crippen molar-refractivity contribution in [2.24, 2.45) is 0 Å². The number of rotatable bonds is 5. The molecule has 0 aromatic heterocycles. The Morgan fingerprint density at radius 1 is 1.17 bits per heavy atom. The molecule has 9 heteroatoms. The average Bonchev–Trinajstić information content (AvgIpc) is 2.11. The minimum Gasteiger partial charge on any atom is -0.399 e. The fourth-order valence-electron chi connectivity index (χ4n) is 1.16. The van der Waals surface area contributed by atoms with Gasteiger partial charge < -0.3 is 5.73 Å². The largest absolute Gasteiger partial charge is 0.399 e. The van der Waals surface area contributed by atoms with E-state index in [-0.39, 0.29) is 11.4 Å². The second kappa shape index (κ2) is 5.11. The van der Waals surface area contributed by atoms with Crippen LogP contribution in [-0.4, -0.2) is 34.6 Å². The predicted molar refractivity (Wildman–Crippen MR) is 67.9 cm³/mol. The molecule has 1 aromatic carbocycles. The van der Waals surface area contributed by atoms with Gasteiger partial charge in [0.15, 0.2) is 0 Å². The quantitative estimate of drug-likeness (QED) is 0.755. The van der Waals surface area contributed by atoms with Gasteiger partial charge in [-0.05, 0) is 18.2 Å². The second-order valence-electron chi connectivity index (χ2n) is 3.82. The average molecular weight is 296 g/mol. The van der Waals surface area contributed by atoms with Crippen molar-refractivity contribution in [2.75, 3.05) is 28.2 Å². The third-order valence-corrected chi connectivity index (χ3v) is 4.41. The van der Waals surface area contributed by atoms with E-state index in [0.717, 1.165) is 18.4 Å². The zero-order valence-electron chi connectivity index (χ0n) is 9.55. The van der Waals surface area contributed by atoms with Crippen LogP contribution < -0.4 is 10.5 Å². The Balaban J connectivity index is 2.83. The summed E-state index contributed by atoms with van der Waals surface area (Å²) in [5, 5.41) is 0. The lowest BCUT2D eigenvalue weighted by Crippen LogP contribution is -2.22. The predicted octanol–water partition coefficient (Wildman–Crippen LogP) is 0.194. The molecule has 0 amide bonds. The molecule has 1 aromatic rings. The molecule has 0 radical (unpaired) electrons. The standard InChI is InChI=1S/C9H13FN2O4S2/c1-17(13,14)2-3-18(15,16)12-9-5-7(10)4-8(11)6-9/h4-6,12H,2-3,11H2,1H3. The normalized spacial score (nSPS) is 12.3. The lowest BCUT2D eigenvalue weighted by atomic mass is 10.3. The number of anilines is 2. The van der Waals surface area contributed by atoms with Crippen LogP contribution in [0.4, 0.5) is 15.8 Å². The monoisotopic (exact) mass is 296 g/mol. The molecule has 0 unspecified atom stereocenters. The third-order valence-electron chi connectivity index (χ3n) is 1.92. The minimum atomic E-state index is -3.85. The Labute approximate surface area is 105 Å². The van der Waals surface area contributed by atoms with Crippen LogP contribution in [0.5, 0.6) is 0 Å². The summed E-state index contributed by atoms with van der Waals surface area (Å²) >= 11 is 0. The zero-order chi connectivity index (χ0) is 14.0. The van der Waals surface area contributed by atoms with Crippen LogP contribution in [0.3, 0.4) is 0 Å². The van der Waals surface area contributed by atoms with E-state index >= 15 is 0 Å². The first-order chi connectivity index (χ1) is 8.07. The van der Waals surface area contributed by atoms with E-state index < -0.39 is 37.2 Å². The van der Waals surface area contributed by atoms with Crippen molar-refractivity contribution in [3.63, 3.8) is 0 Å². The third kappa shape index (κ3) is 5.32. The lowest BCUT2D eigenvalue weighted by Gasteiger charge is -2.08.